The van der Waals surface area contributed by atoms with Crippen molar-refractivity contribution in [1.82, 2.24) is 14.7 Å². The molecule has 1 aromatic heterocycles. The molecule has 0 bridgehead atoms. The maximum absolute atomic E-state index is 13.0. The van der Waals surface area contributed by atoms with Crippen LogP contribution in [0.1, 0.15) is 10.5 Å². The van der Waals surface area contributed by atoms with Crippen molar-refractivity contribution in [2.45, 2.75) is 12.7 Å². The van der Waals surface area contributed by atoms with E-state index >= 15 is 0 Å². The largest absolute Gasteiger partial charge is 0.406 e. The first-order chi connectivity index (χ1) is 13.7. The highest BCUT2D eigenvalue weighted by atomic mass is 35.5. The molecule has 0 saturated heterocycles. The van der Waals surface area contributed by atoms with Gasteiger partial charge in [0, 0.05) is 22.7 Å². The van der Waals surface area contributed by atoms with Crippen molar-refractivity contribution >= 4 is 29.1 Å². The van der Waals surface area contributed by atoms with E-state index < -0.39 is 18.6 Å². The van der Waals surface area contributed by atoms with E-state index in [2.05, 4.69) is 5.10 Å². The minimum absolute atomic E-state index is 0.0744. The number of aromatic nitrogens is 2. The molecule has 29 heavy (non-hydrogen) atoms. The fourth-order valence-electron chi connectivity index (χ4n) is 3.41. The third kappa shape index (κ3) is 3.84. The molecule has 0 fully saturated rings. The summed E-state index contributed by atoms with van der Waals surface area (Å²) in [5.41, 5.74) is 2.20. The maximum Gasteiger partial charge on any atom is 0.406 e. The van der Waals surface area contributed by atoms with Gasteiger partial charge in [-0.1, -0.05) is 53.5 Å². The van der Waals surface area contributed by atoms with Crippen LogP contribution in [0.3, 0.4) is 0 Å². The van der Waals surface area contributed by atoms with E-state index in [1.807, 2.05) is 0 Å². The lowest BCUT2D eigenvalue weighted by atomic mass is 9.98. The minimum Gasteiger partial charge on any atom is -0.326 e. The number of alkyl halides is 3. The van der Waals surface area contributed by atoms with Crippen molar-refractivity contribution < 1.29 is 18.0 Å². The van der Waals surface area contributed by atoms with Gasteiger partial charge >= 0.3 is 6.18 Å². The number of nitrogens with zero attached hydrogens (tertiary/aromatic N) is 3. The van der Waals surface area contributed by atoms with Gasteiger partial charge in [-0.3, -0.25) is 9.48 Å². The van der Waals surface area contributed by atoms with Gasteiger partial charge in [0.05, 0.1) is 11.6 Å². The number of halogens is 5. The predicted molar refractivity (Wildman–Crippen MR) is 105 cm³/mol. The van der Waals surface area contributed by atoms with Crippen LogP contribution in [-0.2, 0) is 6.54 Å². The summed E-state index contributed by atoms with van der Waals surface area (Å²) >= 11 is 12.3. The smallest absolute Gasteiger partial charge is 0.326 e. The molecule has 4 rings (SSSR count). The van der Waals surface area contributed by atoms with E-state index in [0.717, 1.165) is 4.90 Å². The molecular weight excluding hydrogens is 426 g/mol. The number of hydrogen-bond donors (Lipinski definition) is 0. The van der Waals surface area contributed by atoms with Crippen LogP contribution in [0.4, 0.5) is 13.2 Å². The molecule has 0 radical (unpaired) electrons. The molecule has 0 N–H and O–H groups in total. The zero-order chi connectivity index (χ0) is 20.8. The Morgan fingerprint density at radius 1 is 1.00 bits per heavy atom. The molecule has 0 aliphatic carbocycles. The molecule has 1 aliphatic rings. The summed E-state index contributed by atoms with van der Waals surface area (Å²) in [5.74, 6) is -0.718. The highest BCUT2D eigenvalue weighted by Gasteiger charge is 2.38. The molecule has 2 aromatic carbocycles. The van der Waals surface area contributed by atoms with Crippen LogP contribution in [0.5, 0.6) is 0 Å². The van der Waals surface area contributed by atoms with Crippen molar-refractivity contribution in [3.63, 3.8) is 0 Å². The number of carbonyl (C=O) groups excluding carboxylic acids is 1. The van der Waals surface area contributed by atoms with Gasteiger partial charge in [0.2, 0.25) is 0 Å². The number of carbonyl (C=O) groups is 1. The molecule has 4 nitrogen and oxygen atoms in total. The number of amides is 1. The van der Waals surface area contributed by atoms with Gasteiger partial charge in [-0.25, -0.2) is 0 Å². The van der Waals surface area contributed by atoms with Gasteiger partial charge in [-0.05, 0) is 23.8 Å². The first kappa shape index (κ1) is 19.8. The highest BCUT2D eigenvalue weighted by molar-refractivity contribution is 6.33. The summed E-state index contributed by atoms with van der Waals surface area (Å²) in [6, 6.07) is 13.7. The summed E-state index contributed by atoms with van der Waals surface area (Å²) < 4.78 is 40.3. The molecule has 150 valence electrons. The SMILES string of the molecule is O=C1c2c(-c3ccc(Cl)cc3)c(-c3ccccc3Cl)nn2CCN1CC(F)(F)F. The van der Waals surface area contributed by atoms with Crippen molar-refractivity contribution in [1.29, 1.82) is 0 Å². The summed E-state index contributed by atoms with van der Waals surface area (Å²) in [6.45, 7) is -1.23. The number of rotatable bonds is 3. The molecule has 1 amide bonds. The summed E-state index contributed by atoms with van der Waals surface area (Å²) in [7, 11) is 0. The third-order valence-electron chi connectivity index (χ3n) is 4.66. The van der Waals surface area contributed by atoms with Crippen LogP contribution in [0.2, 0.25) is 10.0 Å². The quantitative estimate of drug-likeness (QED) is 0.537. The monoisotopic (exact) mass is 439 g/mol. The van der Waals surface area contributed by atoms with E-state index in [-0.39, 0.29) is 18.8 Å². The maximum atomic E-state index is 13.0. The Morgan fingerprint density at radius 2 is 1.69 bits per heavy atom. The molecule has 0 atom stereocenters. The molecule has 0 spiro atoms. The Hall–Kier alpha value is -2.51. The van der Waals surface area contributed by atoms with Gasteiger partial charge in [0.1, 0.15) is 17.9 Å². The van der Waals surface area contributed by atoms with Crippen LogP contribution in [0.25, 0.3) is 22.4 Å². The van der Waals surface area contributed by atoms with Crippen molar-refractivity contribution in [2.24, 2.45) is 0 Å². The topological polar surface area (TPSA) is 38.1 Å². The second-order valence-electron chi connectivity index (χ2n) is 6.62. The Kier molecular flexibility index (Phi) is 5.04. The summed E-state index contributed by atoms with van der Waals surface area (Å²) in [6.07, 6.45) is -4.48. The molecule has 1 aliphatic heterocycles. The zero-order valence-electron chi connectivity index (χ0n) is 14.9. The van der Waals surface area contributed by atoms with Crippen LogP contribution >= 0.6 is 23.2 Å². The Labute approximate surface area is 174 Å². The molecule has 0 unspecified atom stereocenters. The van der Waals surface area contributed by atoms with Crippen LogP contribution < -0.4 is 0 Å². The van der Waals surface area contributed by atoms with Crippen LogP contribution in [-0.4, -0.2) is 39.9 Å². The second kappa shape index (κ2) is 7.39. The second-order valence-corrected chi connectivity index (χ2v) is 7.47. The number of hydrogen-bond acceptors (Lipinski definition) is 2. The normalized spacial score (nSPS) is 14.2. The lowest BCUT2D eigenvalue weighted by Gasteiger charge is -2.28. The van der Waals surface area contributed by atoms with Crippen molar-refractivity contribution in [3.8, 4) is 22.4 Å². The molecule has 3 aromatic rings. The fourth-order valence-corrected chi connectivity index (χ4v) is 3.76. The molecule has 9 heteroatoms. The first-order valence-corrected chi connectivity index (χ1v) is 9.48. The van der Waals surface area contributed by atoms with E-state index in [9.17, 15) is 18.0 Å². The van der Waals surface area contributed by atoms with Crippen LogP contribution in [0, 0.1) is 0 Å². The lowest BCUT2D eigenvalue weighted by molar-refractivity contribution is -0.141. The van der Waals surface area contributed by atoms with E-state index in [4.69, 9.17) is 23.2 Å². The molecule has 0 saturated carbocycles. The van der Waals surface area contributed by atoms with Gasteiger partial charge in [-0.15, -0.1) is 0 Å². The molecule has 2 heterocycles. The van der Waals surface area contributed by atoms with Crippen molar-refractivity contribution in [3.05, 3.63) is 64.3 Å². The number of benzene rings is 2. The zero-order valence-corrected chi connectivity index (χ0v) is 16.4. The Morgan fingerprint density at radius 3 is 2.34 bits per heavy atom. The highest BCUT2D eigenvalue weighted by Crippen LogP contribution is 2.39. The third-order valence-corrected chi connectivity index (χ3v) is 5.24. The summed E-state index contributed by atoms with van der Waals surface area (Å²) in [5, 5.41) is 5.46. The summed E-state index contributed by atoms with van der Waals surface area (Å²) in [4.78, 5) is 13.8. The van der Waals surface area contributed by atoms with Gasteiger partial charge in [0.15, 0.2) is 0 Å². The van der Waals surface area contributed by atoms with Gasteiger partial charge < -0.3 is 4.90 Å². The Bertz CT molecular complexity index is 1080. The van der Waals surface area contributed by atoms with E-state index in [1.54, 1.807) is 48.5 Å². The van der Waals surface area contributed by atoms with Gasteiger partial charge in [0.25, 0.3) is 5.91 Å². The average molecular weight is 440 g/mol. The average Bonchev–Trinajstić information content (AvgIpc) is 3.04. The number of fused-ring (bicyclic) bond motifs is 1. The fraction of sp³-hybridized carbons (Fsp3) is 0.200. The van der Waals surface area contributed by atoms with Gasteiger partial charge in [-0.2, -0.15) is 18.3 Å². The predicted octanol–water partition coefficient (Wildman–Crippen LogP) is 5.54. The molecular formula is C20H14Cl2F3N3O. The standard InChI is InChI=1S/C20H14Cl2F3N3O/c21-13-7-5-12(6-8-13)16-17(14-3-1-2-4-15(14)22)26-28-10-9-27(11-20(23,24)25)19(29)18(16)28/h1-8H,9-11H2. The lowest BCUT2D eigenvalue weighted by Crippen LogP contribution is -2.45. The van der Waals surface area contributed by atoms with Crippen molar-refractivity contribution in [2.75, 3.05) is 13.1 Å². The van der Waals surface area contributed by atoms with Crippen LogP contribution in [0.15, 0.2) is 48.5 Å². The minimum atomic E-state index is -4.48. The first-order valence-electron chi connectivity index (χ1n) is 8.72. The van der Waals surface area contributed by atoms with E-state index in [1.165, 1.54) is 4.68 Å². The Balaban J connectivity index is 1.92. The van der Waals surface area contributed by atoms with E-state index in [0.29, 0.717) is 32.4 Å².